The average Bonchev–Trinajstić information content (AvgIpc) is 3.53. The molecule has 2 saturated heterocycles. The van der Waals surface area contributed by atoms with Crippen LogP contribution in [0.5, 0.6) is 5.75 Å². The van der Waals surface area contributed by atoms with Crippen LogP contribution in [0.3, 0.4) is 0 Å². The lowest BCUT2D eigenvalue weighted by Crippen LogP contribution is -2.68. The fraction of sp³-hybridized carbons (Fsp3) is 0.526. The summed E-state index contributed by atoms with van der Waals surface area (Å²) in [6.07, 6.45) is -0.829. The van der Waals surface area contributed by atoms with E-state index in [2.05, 4.69) is 4.98 Å². The van der Waals surface area contributed by atoms with E-state index in [0.29, 0.717) is 51.1 Å². The fourth-order valence-electron chi connectivity index (χ4n) is 7.45. The zero-order valence-electron chi connectivity index (χ0n) is 29.5. The second-order valence-corrected chi connectivity index (χ2v) is 14.6. The first kappa shape index (κ1) is 39.2. The number of likely N-dealkylation sites (tertiary alicyclic amines) is 2. The molecule has 2 aliphatic heterocycles. The van der Waals surface area contributed by atoms with Gasteiger partial charge in [-0.1, -0.05) is 37.6 Å². The maximum atomic E-state index is 14.9. The number of aliphatic carboxylic acids is 1. The molecule has 0 aliphatic carbocycles. The van der Waals surface area contributed by atoms with Crippen molar-refractivity contribution in [2.45, 2.75) is 95.1 Å². The molecule has 2 N–H and O–H groups in total. The van der Waals surface area contributed by atoms with Crippen LogP contribution in [0.15, 0.2) is 54.0 Å². The molecular formula is C38H46F3N3O7S. The number of carboxylic acids is 1. The number of thiophene rings is 1. The van der Waals surface area contributed by atoms with Crippen molar-refractivity contribution in [2.24, 2.45) is 0 Å². The molecule has 0 spiro atoms. The second kappa shape index (κ2) is 16.8. The molecule has 282 valence electrons. The Labute approximate surface area is 305 Å². The molecule has 0 radical (unpaired) electrons. The van der Waals surface area contributed by atoms with Gasteiger partial charge >= 0.3 is 12.1 Å². The van der Waals surface area contributed by atoms with Crippen LogP contribution in [0, 0.1) is 6.92 Å². The molecule has 3 aromatic rings. The Morgan fingerprint density at radius 1 is 1.06 bits per heavy atom. The summed E-state index contributed by atoms with van der Waals surface area (Å²) in [5.74, 6) is -1.69. The molecule has 52 heavy (non-hydrogen) atoms. The van der Waals surface area contributed by atoms with E-state index in [1.807, 2.05) is 44.2 Å². The molecule has 5 rings (SSSR count). The summed E-state index contributed by atoms with van der Waals surface area (Å²) in [7, 11) is 0. The van der Waals surface area contributed by atoms with E-state index in [0.717, 1.165) is 34.3 Å². The number of nitrogens with zero attached hydrogens (tertiary/aromatic N) is 3. The van der Waals surface area contributed by atoms with Crippen LogP contribution in [0.1, 0.15) is 90.3 Å². The molecular weight excluding hydrogens is 699 g/mol. The topological polar surface area (TPSA) is 130 Å². The van der Waals surface area contributed by atoms with E-state index in [9.17, 15) is 32.7 Å². The van der Waals surface area contributed by atoms with Gasteiger partial charge in [0.1, 0.15) is 11.4 Å². The molecule has 2 amide bonds. The lowest BCUT2D eigenvalue weighted by molar-refractivity contribution is -0.163. The standard InChI is InChI=1S/C38H46F3N3O7S/c1-3-9-31-37(51-28-24-26(2)52-25-28,15-8-19-44(31)34(47)33-30(38(39,40)41)12-6-18-42-33)35(48)43-20-16-36(49,17-21-43)29-11-5-4-10-27(29)14-23-50-22-7-13-32(45)46/h4-6,10-12,18,24-25,31,49H,3,7-9,13-17,19-23H2,1-2H3,(H,45,46)/t31-,37+/m1/s1. The molecule has 4 heterocycles. The van der Waals surface area contributed by atoms with Gasteiger partial charge in [-0.3, -0.25) is 19.4 Å². The van der Waals surface area contributed by atoms with Crippen LogP contribution < -0.4 is 4.74 Å². The highest BCUT2D eigenvalue weighted by molar-refractivity contribution is 7.10. The first-order valence-electron chi connectivity index (χ1n) is 17.8. The Kier molecular flexibility index (Phi) is 12.6. The van der Waals surface area contributed by atoms with E-state index in [4.69, 9.17) is 14.6 Å². The van der Waals surface area contributed by atoms with Crippen LogP contribution in [-0.2, 0) is 32.5 Å². The summed E-state index contributed by atoms with van der Waals surface area (Å²) in [6, 6.07) is 10.4. The first-order chi connectivity index (χ1) is 24.8. The highest BCUT2D eigenvalue weighted by atomic mass is 32.1. The van der Waals surface area contributed by atoms with Crippen molar-refractivity contribution in [3.63, 3.8) is 0 Å². The molecule has 2 atom stereocenters. The summed E-state index contributed by atoms with van der Waals surface area (Å²) in [4.78, 5) is 47.6. The highest BCUT2D eigenvalue weighted by Crippen LogP contribution is 2.42. The molecule has 10 nitrogen and oxygen atoms in total. The molecule has 2 aromatic heterocycles. The maximum Gasteiger partial charge on any atom is 0.418 e. The van der Waals surface area contributed by atoms with Gasteiger partial charge in [-0.2, -0.15) is 13.2 Å². The number of piperidine rings is 2. The number of carboxylic acid groups (broad SMARTS) is 1. The van der Waals surface area contributed by atoms with Gasteiger partial charge in [-0.05, 0) is 74.8 Å². The third kappa shape index (κ3) is 8.78. The van der Waals surface area contributed by atoms with E-state index in [-0.39, 0.29) is 51.2 Å². The number of hydrogen-bond donors (Lipinski definition) is 2. The third-order valence-corrected chi connectivity index (χ3v) is 10.8. The number of carbonyl (C=O) groups excluding carboxylic acids is 2. The summed E-state index contributed by atoms with van der Waals surface area (Å²) in [5.41, 5.74) is -3.03. The van der Waals surface area contributed by atoms with Crippen LogP contribution in [0.4, 0.5) is 13.2 Å². The number of hydrogen-bond acceptors (Lipinski definition) is 8. The summed E-state index contributed by atoms with van der Waals surface area (Å²) in [5, 5.41) is 22.6. The number of amides is 2. The predicted octanol–water partition coefficient (Wildman–Crippen LogP) is 6.63. The Morgan fingerprint density at radius 2 is 1.81 bits per heavy atom. The van der Waals surface area contributed by atoms with Gasteiger partial charge < -0.3 is 29.5 Å². The minimum Gasteiger partial charge on any atom is -0.481 e. The Morgan fingerprint density at radius 3 is 2.48 bits per heavy atom. The monoisotopic (exact) mass is 745 g/mol. The minimum atomic E-state index is -4.80. The average molecular weight is 746 g/mol. The zero-order chi connectivity index (χ0) is 37.5. The lowest BCUT2D eigenvalue weighted by Gasteiger charge is -2.51. The summed E-state index contributed by atoms with van der Waals surface area (Å²) in [6.45, 7) is 4.98. The number of aryl methyl sites for hydroxylation is 1. The number of rotatable bonds is 14. The Hall–Kier alpha value is -4.01. The van der Waals surface area contributed by atoms with Crippen molar-refractivity contribution in [3.8, 4) is 5.75 Å². The van der Waals surface area contributed by atoms with Gasteiger partial charge in [-0.15, -0.1) is 11.3 Å². The van der Waals surface area contributed by atoms with E-state index >= 15 is 0 Å². The lowest BCUT2D eigenvalue weighted by atomic mass is 9.78. The highest BCUT2D eigenvalue weighted by Gasteiger charge is 2.56. The van der Waals surface area contributed by atoms with Crippen molar-refractivity contribution in [3.05, 3.63) is 81.3 Å². The number of carbonyl (C=O) groups is 3. The van der Waals surface area contributed by atoms with Crippen molar-refractivity contribution >= 4 is 29.1 Å². The molecule has 0 bridgehead atoms. The Balaban J connectivity index is 1.40. The van der Waals surface area contributed by atoms with Gasteiger partial charge in [0.15, 0.2) is 0 Å². The van der Waals surface area contributed by atoms with Gasteiger partial charge in [0.2, 0.25) is 5.60 Å². The predicted molar refractivity (Wildman–Crippen MR) is 188 cm³/mol. The van der Waals surface area contributed by atoms with Gasteiger partial charge in [-0.25, -0.2) is 0 Å². The zero-order valence-corrected chi connectivity index (χ0v) is 30.3. The van der Waals surface area contributed by atoms with Crippen LogP contribution in [0.25, 0.3) is 0 Å². The summed E-state index contributed by atoms with van der Waals surface area (Å²) >= 11 is 1.44. The summed E-state index contributed by atoms with van der Waals surface area (Å²) < 4.78 is 54.4. The van der Waals surface area contributed by atoms with Gasteiger partial charge in [0, 0.05) is 55.5 Å². The van der Waals surface area contributed by atoms with E-state index < -0.39 is 46.6 Å². The number of alkyl halides is 3. The van der Waals surface area contributed by atoms with Crippen LogP contribution in [-0.4, -0.2) is 87.3 Å². The van der Waals surface area contributed by atoms with Crippen molar-refractivity contribution < 1.29 is 47.2 Å². The van der Waals surface area contributed by atoms with Crippen LogP contribution >= 0.6 is 11.3 Å². The van der Waals surface area contributed by atoms with Crippen LogP contribution in [0.2, 0.25) is 0 Å². The number of benzene rings is 1. The number of ether oxygens (including phenoxy) is 2. The Bertz CT molecular complexity index is 1710. The van der Waals surface area contributed by atoms with Crippen molar-refractivity contribution in [1.29, 1.82) is 0 Å². The molecule has 0 unspecified atom stereocenters. The third-order valence-electron chi connectivity index (χ3n) is 9.96. The van der Waals surface area contributed by atoms with Crippen molar-refractivity contribution in [1.82, 2.24) is 14.8 Å². The number of aromatic nitrogens is 1. The second-order valence-electron chi connectivity index (χ2n) is 13.5. The SMILES string of the molecule is CCC[C@H]1N(C(=O)c2ncccc2C(F)(F)F)CCC[C@@]1(Oc1csc(C)c1)C(=O)N1CCC(O)(c2ccccc2CCOCCCC(=O)O)CC1. The molecule has 0 saturated carbocycles. The first-order valence-corrected chi connectivity index (χ1v) is 18.6. The van der Waals surface area contributed by atoms with Gasteiger partial charge in [0.05, 0.1) is 23.8 Å². The molecule has 2 aliphatic rings. The maximum absolute atomic E-state index is 14.9. The number of halogens is 3. The largest absolute Gasteiger partial charge is 0.481 e. The molecule has 1 aromatic carbocycles. The van der Waals surface area contributed by atoms with E-state index in [1.165, 1.54) is 16.2 Å². The normalized spacial score (nSPS) is 20.5. The number of pyridine rings is 1. The smallest absolute Gasteiger partial charge is 0.418 e. The minimum absolute atomic E-state index is 0.0293. The number of aliphatic hydroxyl groups is 1. The van der Waals surface area contributed by atoms with Gasteiger partial charge in [0.25, 0.3) is 11.8 Å². The molecule has 2 fully saturated rings. The fourth-order valence-corrected chi connectivity index (χ4v) is 8.05. The quantitative estimate of drug-likeness (QED) is 0.176. The van der Waals surface area contributed by atoms with E-state index in [1.54, 1.807) is 10.3 Å². The van der Waals surface area contributed by atoms with Crippen molar-refractivity contribution in [2.75, 3.05) is 32.8 Å². The molecule has 14 heteroatoms.